The number of ether oxygens (including phenoxy) is 1. The second kappa shape index (κ2) is 11.1. The van der Waals surface area contributed by atoms with E-state index < -0.39 is 11.6 Å². The third-order valence-electron chi connectivity index (χ3n) is 6.03. The third kappa shape index (κ3) is 6.41. The highest BCUT2D eigenvalue weighted by Gasteiger charge is 2.28. The number of hydrogen-bond acceptors (Lipinski definition) is 4. The van der Waals surface area contributed by atoms with E-state index in [0.29, 0.717) is 18.4 Å². The van der Waals surface area contributed by atoms with Gasteiger partial charge < -0.3 is 15.4 Å². The SMILES string of the molecule is CC(=O)NC1CCC[C@H](C(=O)Nc2cc(-c3ccc(F)cc3OCc3ccccc3)c(F)cn2)C1. The molecule has 182 valence electrons. The first-order valence-electron chi connectivity index (χ1n) is 11.6. The van der Waals surface area contributed by atoms with Gasteiger partial charge in [0.15, 0.2) is 0 Å². The average Bonchev–Trinajstić information content (AvgIpc) is 2.84. The van der Waals surface area contributed by atoms with Crippen molar-refractivity contribution in [2.45, 2.75) is 45.3 Å². The quantitative estimate of drug-likeness (QED) is 0.486. The van der Waals surface area contributed by atoms with Crippen molar-refractivity contribution in [1.82, 2.24) is 10.3 Å². The van der Waals surface area contributed by atoms with E-state index >= 15 is 0 Å². The van der Waals surface area contributed by atoms with Crippen molar-refractivity contribution in [1.29, 1.82) is 0 Å². The van der Waals surface area contributed by atoms with Gasteiger partial charge in [0.25, 0.3) is 0 Å². The molecule has 4 rings (SSSR count). The monoisotopic (exact) mass is 479 g/mol. The molecular weight excluding hydrogens is 452 g/mol. The summed E-state index contributed by atoms with van der Waals surface area (Å²) in [7, 11) is 0. The maximum Gasteiger partial charge on any atom is 0.228 e. The highest BCUT2D eigenvalue weighted by Crippen LogP contribution is 2.34. The number of nitrogens with zero attached hydrogens (tertiary/aromatic N) is 1. The maximum absolute atomic E-state index is 14.8. The van der Waals surface area contributed by atoms with E-state index in [9.17, 15) is 18.4 Å². The van der Waals surface area contributed by atoms with Crippen molar-refractivity contribution < 1.29 is 23.1 Å². The molecular formula is C27H27F2N3O3. The number of halogens is 2. The predicted octanol–water partition coefficient (Wildman–Crippen LogP) is 5.24. The zero-order valence-electron chi connectivity index (χ0n) is 19.4. The number of amides is 2. The Labute approximate surface area is 202 Å². The first-order chi connectivity index (χ1) is 16.9. The van der Waals surface area contributed by atoms with Crippen LogP contribution in [0, 0.1) is 17.6 Å². The van der Waals surface area contributed by atoms with Gasteiger partial charge in [-0.1, -0.05) is 36.8 Å². The van der Waals surface area contributed by atoms with Crippen LogP contribution in [-0.2, 0) is 16.2 Å². The molecule has 1 aromatic heterocycles. The highest BCUT2D eigenvalue weighted by atomic mass is 19.1. The van der Waals surface area contributed by atoms with Crippen LogP contribution in [0.5, 0.6) is 5.75 Å². The average molecular weight is 480 g/mol. The van der Waals surface area contributed by atoms with Crippen LogP contribution in [0.15, 0.2) is 60.8 Å². The zero-order chi connectivity index (χ0) is 24.8. The van der Waals surface area contributed by atoms with Gasteiger partial charge in [-0.25, -0.2) is 13.8 Å². The molecule has 0 bridgehead atoms. The first-order valence-corrected chi connectivity index (χ1v) is 11.6. The van der Waals surface area contributed by atoms with Gasteiger partial charge in [0.05, 0.1) is 6.20 Å². The molecule has 1 heterocycles. The predicted molar refractivity (Wildman–Crippen MR) is 129 cm³/mol. The number of nitrogens with one attached hydrogen (secondary N) is 2. The van der Waals surface area contributed by atoms with E-state index in [4.69, 9.17) is 4.74 Å². The van der Waals surface area contributed by atoms with Crippen LogP contribution in [0.1, 0.15) is 38.2 Å². The van der Waals surface area contributed by atoms with Crippen LogP contribution >= 0.6 is 0 Å². The van der Waals surface area contributed by atoms with E-state index in [0.717, 1.165) is 24.6 Å². The second-order valence-corrected chi connectivity index (χ2v) is 8.71. The second-order valence-electron chi connectivity index (χ2n) is 8.71. The molecule has 1 fully saturated rings. The molecule has 0 aliphatic heterocycles. The van der Waals surface area contributed by atoms with E-state index in [1.54, 1.807) is 0 Å². The van der Waals surface area contributed by atoms with Crippen molar-refractivity contribution in [2.75, 3.05) is 5.32 Å². The Morgan fingerprint density at radius 1 is 1.06 bits per heavy atom. The molecule has 3 aromatic rings. The molecule has 8 heteroatoms. The summed E-state index contributed by atoms with van der Waals surface area (Å²) in [5, 5.41) is 5.64. The fourth-order valence-electron chi connectivity index (χ4n) is 4.36. The van der Waals surface area contributed by atoms with Crippen LogP contribution < -0.4 is 15.4 Å². The van der Waals surface area contributed by atoms with Crippen LogP contribution in [0.2, 0.25) is 0 Å². The van der Waals surface area contributed by atoms with E-state index in [-0.39, 0.29) is 47.5 Å². The molecule has 0 spiro atoms. The van der Waals surface area contributed by atoms with Gasteiger partial charge in [-0.3, -0.25) is 9.59 Å². The molecule has 1 unspecified atom stereocenters. The Kier molecular flexibility index (Phi) is 7.70. The molecule has 1 aliphatic rings. The Hall–Kier alpha value is -3.81. The van der Waals surface area contributed by atoms with Crippen molar-refractivity contribution in [2.24, 2.45) is 5.92 Å². The molecule has 1 saturated carbocycles. The van der Waals surface area contributed by atoms with Gasteiger partial charge in [-0.05, 0) is 43.0 Å². The van der Waals surface area contributed by atoms with Gasteiger partial charge in [0.2, 0.25) is 11.8 Å². The smallest absolute Gasteiger partial charge is 0.228 e. The summed E-state index contributed by atoms with van der Waals surface area (Å²) in [4.78, 5) is 28.3. The summed E-state index contributed by atoms with van der Waals surface area (Å²) in [6, 6.07) is 14.6. The summed E-state index contributed by atoms with van der Waals surface area (Å²) in [6.45, 7) is 1.64. The zero-order valence-corrected chi connectivity index (χ0v) is 19.4. The highest BCUT2D eigenvalue weighted by molar-refractivity contribution is 5.92. The lowest BCUT2D eigenvalue weighted by Crippen LogP contribution is -2.40. The number of rotatable bonds is 7. The fourth-order valence-corrected chi connectivity index (χ4v) is 4.36. The minimum absolute atomic E-state index is 0.0442. The number of aromatic nitrogens is 1. The molecule has 2 aromatic carbocycles. The minimum atomic E-state index is -0.623. The number of hydrogen-bond donors (Lipinski definition) is 2. The maximum atomic E-state index is 14.8. The summed E-state index contributed by atoms with van der Waals surface area (Å²) in [5.41, 5.74) is 1.37. The summed E-state index contributed by atoms with van der Waals surface area (Å²) in [5.74, 6) is -1.40. The first kappa shape index (κ1) is 24.3. The van der Waals surface area contributed by atoms with Crippen molar-refractivity contribution in [3.8, 4) is 16.9 Å². The molecule has 0 saturated heterocycles. The molecule has 2 N–H and O–H groups in total. The topological polar surface area (TPSA) is 80.3 Å². The molecule has 6 nitrogen and oxygen atoms in total. The fraction of sp³-hybridized carbons (Fsp3) is 0.296. The lowest BCUT2D eigenvalue weighted by Gasteiger charge is -2.28. The Balaban J connectivity index is 1.52. The number of benzene rings is 2. The molecule has 1 aliphatic carbocycles. The summed E-state index contributed by atoms with van der Waals surface area (Å²) >= 11 is 0. The van der Waals surface area contributed by atoms with Crippen LogP contribution in [-0.4, -0.2) is 22.8 Å². The minimum Gasteiger partial charge on any atom is -0.488 e. The third-order valence-corrected chi connectivity index (χ3v) is 6.03. The number of carbonyl (C=O) groups is 2. The van der Waals surface area contributed by atoms with Crippen molar-refractivity contribution in [3.05, 3.63) is 78.0 Å². The number of carbonyl (C=O) groups excluding carboxylic acids is 2. The van der Waals surface area contributed by atoms with E-state index in [2.05, 4.69) is 15.6 Å². The van der Waals surface area contributed by atoms with Gasteiger partial charge >= 0.3 is 0 Å². The van der Waals surface area contributed by atoms with Crippen molar-refractivity contribution >= 4 is 17.6 Å². The van der Waals surface area contributed by atoms with Gasteiger partial charge in [0, 0.05) is 36.1 Å². The normalized spacial score (nSPS) is 17.5. The van der Waals surface area contributed by atoms with Gasteiger partial charge in [-0.15, -0.1) is 0 Å². The van der Waals surface area contributed by atoms with Crippen molar-refractivity contribution in [3.63, 3.8) is 0 Å². The van der Waals surface area contributed by atoms with Crippen LogP contribution in [0.3, 0.4) is 0 Å². The largest absolute Gasteiger partial charge is 0.488 e. The number of pyridine rings is 1. The van der Waals surface area contributed by atoms with E-state index in [1.165, 1.54) is 31.2 Å². The summed E-state index contributed by atoms with van der Waals surface area (Å²) in [6.07, 6.45) is 3.91. The lowest BCUT2D eigenvalue weighted by atomic mass is 9.85. The Bertz CT molecular complexity index is 1200. The van der Waals surface area contributed by atoms with E-state index in [1.807, 2.05) is 30.3 Å². The molecule has 2 atom stereocenters. The molecule has 35 heavy (non-hydrogen) atoms. The molecule has 2 amide bonds. The molecule has 0 radical (unpaired) electrons. The standard InChI is InChI=1S/C27H27F2N3O3/c1-17(33)31-21-9-5-8-19(12-21)27(34)32-26-14-23(24(29)15-30-26)22-11-10-20(28)13-25(22)35-16-18-6-3-2-4-7-18/h2-4,6-7,10-11,13-15,19,21H,5,8-9,12,16H2,1H3,(H,31,33)(H,30,32,34)/t19-,21?/m0/s1. The Morgan fingerprint density at radius 3 is 2.63 bits per heavy atom. The van der Waals surface area contributed by atoms with Crippen LogP contribution in [0.4, 0.5) is 14.6 Å². The summed E-state index contributed by atoms with van der Waals surface area (Å²) < 4.78 is 34.6. The number of anilines is 1. The van der Waals surface area contributed by atoms with Gasteiger partial charge in [0.1, 0.15) is 29.8 Å². The van der Waals surface area contributed by atoms with Gasteiger partial charge in [-0.2, -0.15) is 0 Å². The lowest BCUT2D eigenvalue weighted by molar-refractivity contribution is -0.123. The van der Waals surface area contributed by atoms with Crippen LogP contribution in [0.25, 0.3) is 11.1 Å². The Morgan fingerprint density at radius 2 is 1.86 bits per heavy atom.